The van der Waals surface area contributed by atoms with Crippen LogP contribution in [0.2, 0.25) is 0 Å². The standard InChI is InChI=1S/C15H20N2O/c1-12(2)17-9-7-14(8-10-17)18-15-6-4-3-5-13(15)11-16/h3-6,12,14H,7-10H2,1-2H3. The van der Waals surface area contributed by atoms with Crippen LogP contribution in [0, 0.1) is 11.3 Å². The van der Waals surface area contributed by atoms with Gasteiger partial charge in [-0.15, -0.1) is 0 Å². The Hall–Kier alpha value is -1.53. The molecule has 0 saturated carbocycles. The Balaban J connectivity index is 1.94. The molecule has 1 saturated heterocycles. The molecule has 2 rings (SSSR count). The summed E-state index contributed by atoms with van der Waals surface area (Å²) in [5.74, 6) is 0.725. The van der Waals surface area contributed by atoms with Crippen molar-refractivity contribution in [3.8, 4) is 11.8 Å². The molecule has 0 unspecified atom stereocenters. The van der Waals surface area contributed by atoms with Gasteiger partial charge in [-0.3, -0.25) is 0 Å². The first-order chi connectivity index (χ1) is 8.70. The number of ether oxygens (including phenoxy) is 1. The predicted molar refractivity (Wildman–Crippen MR) is 71.5 cm³/mol. The number of nitriles is 1. The molecule has 0 atom stereocenters. The minimum atomic E-state index is 0.245. The van der Waals surface area contributed by atoms with Crippen LogP contribution >= 0.6 is 0 Å². The van der Waals surface area contributed by atoms with Crippen molar-refractivity contribution in [2.75, 3.05) is 13.1 Å². The zero-order valence-corrected chi connectivity index (χ0v) is 11.1. The molecule has 1 aliphatic rings. The van der Waals surface area contributed by atoms with Crippen molar-refractivity contribution in [2.45, 2.75) is 38.8 Å². The molecule has 3 nitrogen and oxygen atoms in total. The van der Waals surface area contributed by atoms with Gasteiger partial charge in [0.25, 0.3) is 0 Å². The molecule has 1 aliphatic heterocycles. The molecule has 0 radical (unpaired) electrons. The summed E-state index contributed by atoms with van der Waals surface area (Å²) < 4.78 is 5.96. The number of hydrogen-bond acceptors (Lipinski definition) is 3. The second-order valence-corrected chi connectivity index (χ2v) is 5.05. The molecule has 3 heteroatoms. The lowest BCUT2D eigenvalue weighted by molar-refractivity contribution is 0.0841. The Morgan fingerprint density at radius 3 is 2.56 bits per heavy atom. The Morgan fingerprint density at radius 2 is 1.94 bits per heavy atom. The van der Waals surface area contributed by atoms with E-state index in [0.717, 1.165) is 31.7 Å². The van der Waals surface area contributed by atoms with Crippen molar-refractivity contribution in [1.82, 2.24) is 4.90 Å². The number of piperidine rings is 1. The van der Waals surface area contributed by atoms with E-state index in [-0.39, 0.29) is 6.10 Å². The number of nitrogens with zero attached hydrogens (tertiary/aromatic N) is 2. The minimum absolute atomic E-state index is 0.245. The lowest BCUT2D eigenvalue weighted by atomic mass is 10.1. The van der Waals surface area contributed by atoms with E-state index in [1.54, 1.807) is 6.07 Å². The van der Waals surface area contributed by atoms with Crippen molar-refractivity contribution >= 4 is 0 Å². The van der Waals surface area contributed by atoms with Gasteiger partial charge >= 0.3 is 0 Å². The van der Waals surface area contributed by atoms with Crippen LogP contribution in [-0.4, -0.2) is 30.1 Å². The summed E-state index contributed by atoms with van der Waals surface area (Å²) in [5, 5.41) is 9.02. The van der Waals surface area contributed by atoms with Gasteiger partial charge in [0.1, 0.15) is 17.9 Å². The molecular formula is C15H20N2O. The smallest absolute Gasteiger partial charge is 0.137 e. The summed E-state index contributed by atoms with van der Waals surface area (Å²) >= 11 is 0. The van der Waals surface area contributed by atoms with E-state index >= 15 is 0 Å². The van der Waals surface area contributed by atoms with Gasteiger partial charge in [0.05, 0.1) is 5.56 Å². The Kier molecular flexibility index (Phi) is 4.22. The van der Waals surface area contributed by atoms with Crippen LogP contribution < -0.4 is 4.74 Å². The van der Waals surface area contributed by atoms with Crippen LogP contribution in [0.3, 0.4) is 0 Å². The first-order valence-electron chi connectivity index (χ1n) is 6.60. The monoisotopic (exact) mass is 244 g/mol. The molecule has 0 spiro atoms. The van der Waals surface area contributed by atoms with E-state index in [1.165, 1.54) is 0 Å². The number of para-hydroxylation sites is 1. The molecule has 18 heavy (non-hydrogen) atoms. The first-order valence-corrected chi connectivity index (χ1v) is 6.60. The fourth-order valence-electron chi connectivity index (χ4n) is 2.35. The van der Waals surface area contributed by atoms with Crippen LogP contribution in [-0.2, 0) is 0 Å². The highest BCUT2D eigenvalue weighted by Gasteiger charge is 2.22. The Bertz CT molecular complexity index is 428. The molecule has 96 valence electrons. The molecule has 0 amide bonds. The number of hydrogen-bond donors (Lipinski definition) is 0. The second-order valence-electron chi connectivity index (χ2n) is 5.05. The highest BCUT2D eigenvalue weighted by molar-refractivity contribution is 5.42. The van der Waals surface area contributed by atoms with Crippen molar-refractivity contribution in [1.29, 1.82) is 5.26 Å². The SMILES string of the molecule is CC(C)N1CCC(Oc2ccccc2C#N)CC1. The van der Waals surface area contributed by atoms with E-state index in [2.05, 4.69) is 24.8 Å². The number of likely N-dealkylation sites (tertiary alicyclic amines) is 1. The zero-order chi connectivity index (χ0) is 13.0. The molecule has 1 heterocycles. The average Bonchev–Trinajstić information content (AvgIpc) is 2.40. The molecular weight excluding hydrogens is 224 g/mol. The van der Waals surface area contributed by atoms with Crippen LogP contribution in [0.25, 0.3) is 0 Å². The van der Waals surface area contributed by atoms with E-state index in [4.69, 9.17) is 10.00 Å². The third kappa shape index (κ3) is 3.02. The summed E-state index contributed by atoms with van der Waals surface area (Å²) in [4.78, 5) is 2.47. The van der Waals surface area contributed by atoms with Gasteiger partial charge in [-0.2, -0.15) is 5.26 Å². The maximum Gasteiger partial charge on any atom is 0.137 e. The molecule has 0 aromatic heterocycles. The number of benzene rings is 1. The fraction of sp³-hybridized carbons (Fsp3) is 0.533. The van der Waals surface area contributed by atoms with Gasteiger partial charge in [0, 0.05) is 19.1 Å². The Labute approximate surface area is 109 Å². The second kappa shape index (κ2) is 5.88. The van der Waals surface area contributed by atoms with Crippen LogP contribution in [0.1, 0.15) is 32.3 Å². The normalized spacial score (nSPS) is 17.7. The van der Waals surface area contributed by atoms with Crippen molar-refractivity contribution in [3.63, 3.8) is 0 Å². The first kappa shape index (κ1) is 12.9. The Morgan fingerprint density at radius 1 is 1.28 bits per heavy atom. The molecule has 1 aromatic rings. The average molecular weight is 244 g/mol. The largest absolute Gasteiger partial charge is 0.489 e. The lowest BCUT2D eigenvalue weighted by Gasteiger charge is -2.34. The third-order valence-corrected chi connectivity index (χ3v) is 3.51. The lowest BCUT2D eigenvalue weighted by Crippen LogP contribution is -2.41. The summed E-state index contributed by atoms with van der Waals surface area (Å²) in [7, 11) is 0. The van der Waals surface area contributed by atoms with E-state index < -0.39 is 0 Å². The third-order valence-electron chi connectivity index (χ3n) is 3.51. The summed E-state index contributed by atoms with van der Waals surface area (Å²) in [6, 6.07) is 10.3. The maximum atomic E-state index is 9.02. The van der Waals surface area contributed by atoms with Crippen LogP contribution in [0.5, 0.6) is 5.75 Å². The predicted octanol–water partition coefficient (Wildman–Crippen LogP) is 2.81. The van der Waals surface area contributed by atoms with Crippen LogP contribution in [0.4, 0.5) is 0 Å². The molecule has 1 fully saturated rings. The number of rotatable bonds is 3. The van der Waals surface area contributed by atoms with Crippen molar-refractivity contribution < 1.29 is 4.74 Å². The van der Waals surface area contributed by atoms with Gasteiger partial charge in [-0.05, 0) is 38.8 Å². The molecule has 0 aliphatic carbocycles. The fourth-order valence-corrected chi connectivity index (χ4v) is 2.35. The van der Waals surface area contributed by atoms with Gasteiger partial charge in [0.15, 0.2) is 0 Å². The topological polar surface area (TPSA) is 36.3 Å². The quantitative estimate of drug-likeness (QED) is 0.820. The molecule has 1 aromatic carbocycles. The van der Waals surface area contributed by atoms with Gasteiger partial charge in [-0.1, -0.05) is 12.1 Å². The van der Waals surface area contributed by atoms with Crippen molar-refractivity contribution in [2.24, 2.45) is 0 Å². The molecule has 0 N–H and O–H groups in total. The summed E-state index contributed by atoms with van der Waals surface area (Å²) in [5.41, 5.74) is 0.629. The maximum absolute atomic E-state index is 9.02. The van der Waals surface area contributed by atoms with Crippen LogP contribution in [0.15, 0.2) is 24.3 Å². The van der Waals surface area contributed by atoms with Gasteiger partial charge in [0.2, 0.25) is 0 Å². The van der Waals surface area contributed by atoms with Gasteiger partial charge in [-0.25, -0.2) is 0 Å². The van der Waals surface area contributed by atoms with Crippen molar-refractivity contribution in [3.05, 3.63) is 29.8 Å². The zero-order valence-electron chi connectivity index (χ0n) is 11.1. The summed E-state index contributed by atoms with van der Waals surface area (Å²) in [6.45, 7) is 6.62. The van der Waals surface area contributed by atoms with E-state index in [9.17, 15) is 0 Å². The minimum Gasteiger partial charge on any atom is -0.489 e. The highest BCUT2D eigenvalue weighted by Crippen LogP contribution is 2.22. The summed E-state index contributed by atoms with van der Waals surface area (Å²) in [6.07, 6.45) is 2.32. The highest BCUT2D eigenvalue weighted by atomic mass is 16.5. The molecule has 0 bridgehead atoms. The van der Waals surface area contributed by atoms with E-state index in [1.807, 2.05) is 18.2 Å². The van der Waals surface area contributed by atoms with E-state index in [0.29, 0.717) is 11.6 Å². The van der Waals surface area contributed by atoms with Gasteiger partial charge < -0.3 is 9.64 Å².